The Kier molecular flexibility index (Phi) is 4.65. The van der Waals surface area contributed by atoms with Crippen molar-refractivity contribution in [3.8, 4) is 0 Å². The van der Waals surface area contributed by atoms with E-state index in [0.717, 1.165) is 4.88 Å². The summed E-state index contributed by atoms with van der Waals surface area (Å²) in [5, 5.41) is 1.87. The second kappa shape index (κ2) is 5.79. The molecular weight excluding hydrogens is 238 g/mol. The van der Waals surface area contributed by atoms with Crippen molar-refractivity contribution in [2.75, 3.05) is 27.7 Å². The van der Waals surface area contributed by atoms with E-state index in [2.05, 4.69) is 0 Å². The van der Waals surface area contributed by atoms with Gasteiger partial charge in [0.15, 0.2) is 0 Å². The van der Waals surface area contributed by atoms with Crippen LogP contribution in [0.5, 0.6) is 0 Å². The summed E-state index contributed by atoms with van der Waals surface area (Å²) in [4.78, 5) is 27.0. The molecule has 1 aromatic rings. The Bertz CT molecular complexity index is 389. The van der Waals surface area contributed by atoms with Gasteiger partial charge in [-0.3, -0.25) is 9.59 Å². The van der Waals surface area contributed by atoms with Crippen molar-refractivity contribution in [1.29, 1.82) is 0 Å². The standard InChI is InChI=1S/C11H17N3O2S/c1-13(2)9(15)7-14(3)11(16)10(12)8-5-4-6-17-8/h4-6,10H,7,12H2,1-3H3. The predicted molar refractivity (Wildman–Crippen MR) is 67.6 cm³/mol. The zero-order valence-electron chi connectivity index (χ0n) is 10.2. The highest BCUT2D eigenvalue weighted by atomic mass is 32.1. The summed E-state index contributed by atoms with van der Waals surface area (Å²) >= 11 is 1.43. The molecule has 1 heterocycles. The highest BCUT2D eigenvalue weighted by Crippen LogP contribution is 2.18. The highest BCUT2D eigenvalue weighted by Gasteiger charge is 2.22. The van der Waals surface area contributed by atoms with Gasteiger partial charge in [0.05, 0.1) is 6.54 Å². The number of carbonyl (C=O) groups excluding carboxylic acids is 2. The second-order valence-electron chi connectivity index (χ2n) is 3.98. The number of thiophene rings is 1. The van der Waals surface area contributed by atoms with Gasteiger partial charge in [0.1, 0.15) is 6.04 Å². The minimum absolute atomic E-state index is 0.0465. The third kappa shape index (κ3) is 3.54. The maximum Gasteiger partial charge on any atom is 0.245 e. The first-order valence-electron chi connectivity index (χ1n) is 5.17. The van der Waals surface area contributed by atoms with E-state index in [4.69, 9.17) is 5.73 Å². The lowest BCUT2D eigenvalue weighted by Gasteiger charge is -2.21. The average Bonchev–Trinajstić information content (AvgIpc) is 2.80. The molecule has 0 fully saturated rings. The first-order chi connectivity index (χ1) is 7.93. The number of carbonyl (C=O) groups is 2. The summed E-state index contributed by atoms with van der Waals surface area (Å²) in [6, 6.07) is 2.97. The fourth-order valence-corrected chi connectivity index (χ4v) is 1.97. The lowest BCUT2D eigenvalue weighted by atomic mass is 10.2. The van der Waals surface area contributed by atoms with Gasteiger partial charge in [0.2, 0.25) is 11.8 Å². The molecule has 1 atom stereocenters. The number of nitrogens with zero attached hydrogens (tertiary/aromatic N) is 2. The minimum Gasteiger partial charge on any atom is -0.347 e. The van der Waals surface area contributed by atoms with Gasteiger partial charge in [0, 0.05) is 26.0 Å². The molecule has 1 unspecified atom stereocenters. The van der Waals surface area contributed by atoms with Gasteiger partial charge in [-0.05, 0) is 11.4 Å². The molecule has 94 valence electrons. The van der Waals surface area contributed by atoms with Crippen LogP contribution in [0.15, 0.2) is 17.5 Å². The molecule has 0 radical (unpaired) electrons. The molecule has 0 aliphatic heterocycles. The number of amides is 2. The first kappa shape index (κ1) is 13.7. The zero-order chi connectivity index (χ0) is 13.0. The van der Waals surface area contributed by atoms with Crippen LogP contribution in [0.3, 0.4) is 0 Å². The maximum absolute atomic E-state index is 11.9. The normalized spacial score (nSPS) is 12.0. The van der Waals surface area contributed by atoms with Crippen LogP contribution >= 0.6 is 11.3 Å². The van der Waals surface area contributed by atoms with Crippen LogP contribution < -0.4 is 5.73 Å². The van der Waals surface area contributed by atoms with Crippen LogP contribution in [0, 0.1) is 0 Å². The van der Waals surface area contributed by atoms with Gasteiger partial charge in [0.25, 0.3) is 0 Å². The van der Waals surface area contributed by atoms with Gasteiger partial charge >= 0.3 is 0 Å². The van der Waals surface area contributed by atoms with Crippen LogP contribution in [0.2, 0.25) is 0 Å². The van der Waals surface area contributed by atoms with Crippen molar-refractivity contribution in [1.82, 2.24) is 9.80 Å². The van der Waals surface area contributed by atoms with Crippen molar-refractivity contribution in [2.45, 2.75) is 6.04 Å². The largest absolute Gasteiger partial charge is 0.347 e. The van der Waals surface area contributed by atoms with Gasteiger partial charge in [-0.1, -0.05) is 6.07 Å². The highest BCUT2D eigenvalue weighted by molar-refractivity contribution is 7.10. The molecule has 0 aliphatic carbocycles. The molecule has 6 heteroatoms. The topological polar surface area (TPSA) is 66.6 Å². The summed E-state index contributed by atoms with van der Waals surface area (Å²) in [7, 11) is 4.89. The monoisotopic (exact) mass is 255 g/mol. The SMILES string of the molecule is CN(C)C(=O)CN(C)C(=O)C(N)c1cccs1. The molecule has 1 aromatic heterocycles. The molecule has 17 heavy (non-hydrogen) atoms. The van der Waals surface area contributed by atoms with Crippen molar-refractivity contribution in [3.05, 3.63) is 22.4 Å². The third-order valence-corrected chi connectivity index (χ3v) is 3.32. The summed E-state index contributed by atoms with van der Waals surface area (Å²) < 4.78 is 0. The first-order valence-corrected chi connectivity index (χ1v) is 6.05. The third-order valence-electron chi connectivity index (χ3n) is 2.36. The average molecular weight is 255 g/mol. The van der Waals surface area contributed by atoms with E-state index in [1.165, 1.54) is 21.1 Å². The van der Waals surface area contributed by atoms with E-state index in [1.54, 1.807) is 21.1 Å². The minimum atomic E-state index is -0.685. The van der Waals surface area contributed by atoms with Crippen molar-refractivity contribution < 1.29 is 9.59 Å². The summed E-state index contributed by atoms with van der Waals surface area (Å²) in [6.45, 7) is 0.0465. The van der Waals surface area contributed by atoms with Gasteiger partial charge in [-0.15, -0.1) is 11.3 Å². The van der Waals surface area contributed by atoms with Crippen molar-refractivity contribution >= 4 is 23.2 Å². The number of hydrogen-bond donors (Lipinski definition) is 1. The molecule has 1 rings (SSSR count). The second-order valence-corrected chi connectivity index (χ2v) is 4.95. The molecule has 0 aliphatic rings. The van der Waals surface area contributed by atoms with Gasteiger partial charge in [-0.2, -0.15) is 0 Å². The maximum atomic E-state index is 11.9. The van der Waals surface area contributed by atoms with E-state index in [0.29, 0.717) is 0 Å². The fraction of sp³-hybridized carbons (Fsp3) is 0.455. The number of likely N-dealkylation sites (N-methyl/N-ethyl adjacent to an activating group) is 2. The summed E-state index contributed by atoms with van der Waals surface area (Å²) in [5.41, 5.74) is 5.83. The van der Waals surface area contributed by atoms with Crippen LogP contribution in [-0.2, 0) is 9.59 Å². The fourth-order valence-electron chi connectivity index (χ4n) is 1.25. The molecule has 0 aromatic carbocycles. The summed E-state index contributed by atoms with van der Waals surface area (Å²) in [6.07, 6.45) is 0. The van der Waals surface area contributed by atoms with E-state index in [1.807, 2.05) is 17.5 Å². The molecule has 2 N–H and O–H groups in total. The number of hydrogen-bond acceptors (Lipinski definition) is 4. The van der Waals surface area contributed by atoms with E-state index in [9.17, 15) is 9.59 Å². The lowest BCUT2D eigenvalue weighted by Crippen LogP contribution is -2.41. The molecule has 0 bridgehead atoms. The Morgan fingerprint density at radius 2 is 2.06 bits per heavy atom. The Hall–Kier alpha value is -1.40. The van der Waals surface area contributed by atoms with Gasteiger partial charge < -0.3 is 15.5 Å². The molecule has 5 nitrogen and oxygen atoms in total. The molecule has 0 spiro atoms. The number of nitrogens with two attached hydrogens (primary N) is 1. The smallest absolute Gasteiger partial charge is 0.245 e. The molecular formula is C11H17N3O2S. The van der Waals surface area contributed by atoms with Crippen LogP contribution in [0.25, 0.3) is 0 Å². The quantitative estimate of drug-likeness (QED) is 0.841. The van der Waals surface area contributed by atoms with Crippen molar-refractivity contribution in [2.24, 2.45) is 5.73 Å². The predicted octanol–water partition coefficient (Wildman–Crippen LogP) is 0.295. The summed E-state index contributed by atoms with van der Waals surface area (Å²) in [5.74, 6) is -0.373. The molecule has 2 amide bonds. The van der Waals surface area contributed by atoms with E-state index >= 15 is 0 Å². The van der Waals surface area contributed by atoms with E-state index in [-0.39, 0.29) is 18.4 Å². The van der Waals surface area contributed by atoms with E-state index < -0.39 is 6.04 Å². The Balaban J connectivity index is 2.61. The zero-order valence-corrected chi connectivity index (χ0v) is 11.0. The molecule has 0 saturated heterocycles. The van der Waals surface area contributed by atoms with Crippen LogP contribution in [0.4, 0.5) is 0 Å². The Morgan fingerprint density at radius 1 is 1.41 bits per heavy atom. The van der Waals surface area contributed by atoms with Crippen LogP contribution in [-0.4, -0.2) is 49.3 Å². The van der Waals surface area contributed by atoms with Crippen LogP contribution in [0.1, 0.15) is 10.9 Å². The number of rotatable bonds is 4. The molecule has 0 saturated carbocycles. The van der Waals surface area contributed by atoms with Crippen molar-refractivity contribution in [3.63, 3.8) is 0 Å². The lowest BCUT2D eigenvalue weighted by molar-refractivity contribution is -0.138. The van der Waals surface area contributed by atoms with Gasteiger partial charge in [-0.25, -0.2) is 0 Å². The Labute approximate surface area is 105 Å². The Morgan fingerprint density at radius 3 is 2.53 bits per heavy atom.